The van der Waals surface area contributed by atoms with E-state index in [0.29, 0.717) is 5.69 Å². The molecule has 0 aliphatic heterocycles. The normalized spacial score (nSPS) is 11.6. The van der Waals surface area contributed by atoms with Crippen LogP contribution in [0.2, 0.25) is 0 Å². The number of rotatable bonds is 5. The summed E-state index contributed by atoms with van der Waals surface area (Å²) in [6.07, 6.45) is 4.98. The average Bonchev–Trinajstić information content (AvgIpc) is 3.05. The van der Waals surface area contributed by atoms with Crippen LogP contribution in [0.5, 0.6) is 0 Å². The van der Waals surface area contributed by atoms with Gasteiger partial charge in [-0.2, -0.15) is 0 Å². The minimum Gasteiger partial charge on any atom is -0.265 e. The maximum atomic E-state index is 12.4. The highest BCUT2D eigenvalue weighted by Gasteiger charge is 2.15. The van der Waals surface area contributed by atoms with E-state index in [-0.39, 0.29) is 11.4 Å². The Hall–Kier alpha value is -2.58. The van der Waals surface area contributed by atoms with E-state index in [0.717, 1.165) is 16.8 Å². The summed E-state index contributed by atoms with van der Waals surface area (Å²) in [5, 5.41) is 7.98. The van der Waals surface area contributed by atoms with Crippen LogP contribution in [0.4, 0.5) is 0 Å². The van der Waals surface area contributed by atoms with Crippen LogP contribution in [0.1, 0.15) is 16.8 Å². The van der Waals surface area contributed by atoms with Crippen molar-refractivity contribution in [2.75, 3.05) is 0 Å². The summed E-state index contributed by atoms with van der Waals surface area (Å²) >= 11 is 0. The Morgan fingerprint density at radius 3 is 2.54 bits per heavy atom. The zero-order valence-electron chi connectivity index (χ0n) is 13.3. The van der Waals surface area contributed by atoms with Crippen LogP contribution < -0.4 is 4.72 Å². The summed E-state index contributed by atoms with van der Waals surface area (Å²) in [7, 11) is -3.59. The highest BCUT2D eigenvalue weighted by molar-refractivity contribution is 7.89. The Morgan fingerprint density at radius 1 is 1.08 bits per heavy atom. The molecule has 0 amide bonds. The molecule has 0 fully saturated rings. The second-order valence-corrected chi connectivity index (χ2v) is 7.20. The van der Waals surface area contributed by atoms with E-state index in [1.165, 1.54) is 0 Å². The molecular weight excluding hydrogens is 326 g/mol. The fraction of sp³-hybridized carbons (Fsp3) is 0.188. The standard InChI is InChI=1S/C16H17N5O2S/c1-12-3-4-16(9-13(12)2)24(22,23)18-10-14-11-21(20-19-14)15-5-7-17-8-6-15/h3-9,11,18H,10H2,1-2H3. The van der Waals surface area contributed by atoms with Gasteiger partial charge in [0.15, 0.2) is 0 Å². The van der Waals surface area contributed by atoms with Gasteiger partial charge in [0.2, 0.25) is 10.0 Å². The molecule has 0 aliphatic rings. The molecule has 0 spiro atoms. The molecule has 24 heavy (non-hydrogen) atoms. The summed E-state index contributed by atoms with van der Waals surface area (Å²) < 4.78 is 28.9. The van der Waals surface area contributed by atoms with Crippen LogP contribution in [-0.2, 0) is 16.6 Å². The van der Waals surface area contributed by atoms with Crippen molar-refractivity contribution in [2.24, 2.45) is 0 Å². The highest BCUT2D eigenvalue weighted by Crippen LogP contribution is 2.15. The van der Waals surface area contributed by atoms with Gasteiger partial charge in [-0.25, -0.2) is 17.8 Å². The molecule has 8 heteroatoms. The molecule has 2 aromatic heterocycles. The maximum Gasteiger partial charge on any atom is 0.240 e. The number of sulfonamides is 1. The zero-order chi connectivity index (χ0) is 17.2. The number of nitrogens with zero attached hydrogens (tertiary/aromatic N) is 4. The molecule has 0 saturated heterocycles. The molecule has 124 valence electrons. The third kappa shape index (κ3) is 3.50. The number of nitrogens with one attached hydrogen (secondary N) is 1. The second-order valence-electron chi connectivity index (χ2n) is 5.43. The first kappa shape index (κ1) is 16.3. The van der Waals surface area contributed by atoms with E-state index in [1.807, 2.05) is 13.8 Å². The molecule has 3 aromatic rings. The van der Waals surface area contributed by atoms with Gasteiger partial charge in [-0.1, -0.05) is 11.3 Å². The van der Waals surface area contributed by atoms with Crippen LogP contribution >= 0.6 is 0 Å². The SMILES string of the molecule is Cc1ccc(S(=O)(=O)NCc2cn(-c3ccncc3)nn2)cc1C. The molecule has 1 N–H and O–H groups in total. The van der Waals surface area contributed by atoms with Gasteiger partial charge in [-0.15, -0.1) is 5.10 Å². The first-order valence-corrected chi connectivity index (χ1v) is 8.82. The monoisotopic (exact) mass is 343 g/mol. The third-order valence-electron chi connectivity index (χ3n) is 3.70. The highest BCUT2D eigenvalue weighted by atomic mass is 32.2. The maximum absolute atomic E-state index is 12.4. The summed E-state index contributed by atoms with van der Waals surface area (Å²) in [6.45, 7) is 3.89. The van der Waals surface area contributed by atoms with Gasteiger partial charge in [-0.05, 0) is 49.2 Å². The van der Waals surface area contributed by atoms with E-state index in [2.05, 4.69) is 20.0 Å². The van der Waals surface area contributed by atoms with Crippen LogP contribution in [0.3, 0.4) is 0 Å². The molecule has 0 unspecified atom stereocenters. The Kier molecular flexibility index (Phi) is 4.41. The topological polar surface area (TPSA) is 89.8 Å². The minimum atomic E-state index is -3.59. The van der Waals surface area contributed by atoms with Gasteiger partial charge in [0, 0.05) is 12.4 Å². The van der Waals surface area contributed by atoms with Gasteiger partial charge in [0.25, 0.3) is 0 Å². The Morgan fingerprint density at radius 2 is 1.83 bits per heavy atom. The van der Waals surface area contributed by atoms with Gasteiger partial charge < -0.3 is 0 Å². The van der Waals surface area contributed by atoms with Gasteiger partial charge >= 0.3 is 0 Å². The first-order chi connectivity index (χ1) is 11.5. The van der Waals surface area contributed by atoms with Gasteiger partial charge in [-0.3, -0.25) is 4.98 Å². The zero-order valence-corrected chi connectivity index (χ0v) is 14.2. The van der Waals surface area contributed by atoms with Crippen molar-refractivity contribution in [3.05, 3.63) is 65.7 Å². The Labute approximate surface area is 140 Å². The number of hydrogen-bond donors (Lipinski definition) is 1. The minimum absolute atomic E-state index is 0.0698. The molecule has 1 aromatic carbocycles. The predicted octanol–water partition coefficient (Wildman–Crippen LogP) is 1.76. The van der Waals surface area contributed by atoms with E-state index in [4.69, 9.17) is 0 Å². The fourth-order valence-electron chi connectivity index (χ4n) is 2.14. The molecule has 0 saturated carbocycles. The fourth-order valence-corrected chi connectivity index (χ4v) is 3.22. The largest absolute Gasteiger partial charge is 0.265 e. The number of benzene rings is 1. The van der Waals surface area contributed by atoms with Crippen molar-refractivity contribution in [3.63, 3.8) is 0 Å². The van der Waals surface area contributed by atoms with E-state index in [9.17, 15) is 8.42 Å². The second kappa shape index (κ2) is 6.50. The quantitative estimate of drug-likeness (QED) is 0.762. The molecule has 0 radical (unpaired) electrons. The Balaban J connectivity index is 1.73. The van der Waals surface area contributed by atoms with Crippen LogP contribution in [0.25, 0.3) is 5.69 Å². The number of hydrogen-bond acceptors (Lipinski definition) is 5. The van der Waals surface area contributed by atoms with Crippen molar-refractivity contribution in [2.45, 2.75) is 25.3 Å². The van der Waals surface area contributed by atoms with Crippen molar-refractivity contribution >= 4 is 10.0 Å². The summed E-state index contributed by atoms with van der Waals surface area (Å²) in [4.78, 5) is 4.18. The molecule has 0 atom stereocenters. The van der Waals surface area contributed by atoms with Crippen molar-refractivity contribution in [3.8, 4) is 5.69 Å². The number of aryl methyl sites for hydroxylation is 2. The summed E-state index contributed by atoms with van der Waals surface area (Å²) in [6, 6.07) is 8.63. The van der Waals surface area contributed by atoms with E-state index in [1.54, 1.807) is 53.6 Å². The number of pyridine rings is 1. The van der Waals surface area contributed by atoms with Crippen LogP contribution in [0, 0.1) is 13.8 Å². The van der Waals surface area contributed by atoms with Crippen LogP contribution in [-0.4, -0.2) is 28.4 Å². The predicted molar refractivity (Wildman–Crippen MR) is 89.1 cm³/mol. The summed E-state index contributed by atoms with van der Waals surface area (Å²) in [5.74, 6) is 0. The first-order valence-electron chi connectivity index (χ1n) is 7.34. The van der Waals surface area contributed by atoms with Crippen molar-refractivity contribution in [1.82, 2.24) is 24.7 Å². The average molecular weight is 343 g/mol. The van der Waals surface area contributed by atoms with E-state index >= 15 is 0 Å². The third-order valence-corrected chi connectivity index (χ3v) is 5.10. The molecular formula is C16H17N5O2S. The van der Waals surface area contributed by atoms with Crippen molar-refractivity contribution in [1.29, 1.82) is 0 Å². The van der Waals surface area contributed by atoms with Gasteiger partial charge in [0.05, 0.1) is 29.0 Å². The lowest BCUT2D eigenvalue weighted by molar-refractivity contribution is 0.580. The smallest absolute Gasteiger partial charge is 0.240 e. The lowest BCUT2D eigenvalue weighted by atomic mass is 10.1. The van der Waals surface area contributed by atoms with Crippen molar-refractivity contribution < 1.29 is 8.42 Å². The molecule has 7 nitrogen and oxygen atoms in total. The Bertz CT molecular complexity index is 952. The molecule has 0 bridgehead atoms. The number of aromatic nitrogens is 4. The van der Waals surface area contributed by atoms with E-state index < -0.39 is 10.0 Å². The molecule has 2 heterocycles. The van der Waals surface area contributed by atoms with Gasteiger partial charge in [0.1, 0.15) is 0 Å². The molecule has 3 rings (SSSR count). The molecule has 0 aliphatic carbocycles. The van der Waals surface area contributed by atoms with Crippen LogP contribution in [0.15, 0.2) is 53.8 Å². The lowest BCUT2D eigenvalue weighted by Crippen LogP contribution is -2.23. The lowest BCUT2D eigenvalue weighted by Gasteiger charge is -2.07. The summed E-state index contributed by atoms with van der Waals surface area (Å²) in [5.41, 5.74) is 3.32.